The molecule has 0 saturated heterocycles. The molecule has 0 aromatic carbocycles. The molecule has 0 heterocycles. The Kier molecular flexibility index (Phi) is 37.6. The fourth-order valence-electron chi connectivity index (χ4n) is 6.84. The number of hydrogen-bond acceptors (Lipinski definition) is 4. The van der Waals surface area contributed by atoms with Crippen molar-refractivity contribution >= 4 is 5.91 Å². The van der Waals surface area contributed by atoms with E-state index in [1.807, 2.05) is 0 Å². The number of amides is 1. The predicted molar refractivity (Wildman–Crippen MR) is 204 cm³/mol. The van der Waals surface area contributed by atoms with E-state index >= 15 is 0 Å². The highest BCUT2D eigenvalue weighted by molar-refractivity contribution is 5.80. The molecule has 5 heteroatoms. The third kappa shape index (κ3) is 33.6. The maximum Gasteiger partial charge on any atom is 0.249 e. The van der Waals surface area contributed by atoms with Crippen molar-refractivity contribution in [1.82, 2.24) is 5.32 Å². The lowest BCUT2D eigenvalue weighted by atomic mass is 10.0. The molecule has 1 unspecified atom stereocenters. The van der Waals surface area contributed by atoms with Gasteiger partial charge < -0.3 is 20.6 Å². The lowest BCUT2D eigenvalue weighted by Gasteiger charge is -2.23. The summed E-state index contributed by atoms with van der Waals surface area (Å²) in [4.78, 5) is 12.5. The second kappa shape index (κ2) is 38.2. The molecule has 0 aliphatic heterocycles. The molecule has 4 N–H and O–H groups in total. The Bertz CT molecular complexity index is 615. The number of rotatable bonds is 39. The average Bonchev–Trinajstić information content (AvgIpc) is 3.07. The quantitative estimate of drug-likeness (QED) is 0.0491. The van der Waals surface area contributed by atoms with E-state index in [-0.39, 0.29) is 6.61 Å². The summed E-state index contributed by atoms with van der Waals surface area (Å²) in [5.41, 5.74) is 0. The van der Waals surface area contributed by atoms with Crippen LogP contribution in [0.2, 0.25) is 0 Å². The zero-order valence-electron chi connectivity index (χ0n) is 31.9. The Balaban J connectivity index is 3.57. The Labute approximate surface area is 294 Å². The van der Waals surface area contributed by atoms with Crippen LogP contribution in [-0.2, 0) is 4.79 Å². The van der Waals surface area contributed by atoms with Gasteiger partial charge >= 0.3 is 0 Å². The zero-order valence-corrected chi connectivity index (χ0v) is 31.9. The first-order chi connectivity index (χ1) is 23.1. The predicted octanol–water partition coefficient (Wildman–Crippen LogP) is 11.9. The summed E-state index contributed by atoms with van der Waals surface area (Å²) in [6.45, 7) is 4.24. The van der Waals surface area contributed by atoms with E-state index in [0.717, 1.165) is 32.1 Å². The topological polar surface area (TPSA) is 89.8 Å². The minimum absolute atomic E-state index is 0.308. The van der Waals surface area contributed by atoms with E-state index in [1.165, 1.54) is 180 Å². The molecular formula is C42H85NO4. The largest absolute Gasteiger partial charge is 0.394 e. The lowest BCUT2D eigenvalue weighted by molar-refractivity contribution is -0.131. The molecule has 0 rings (SSSR count). The fourth-order valence-corrected chi connectivity index (χ4v) is 6.84. The van der Waals surface area contributed by atoms with Gasteiger partial charge in [-0.1, -0.05) is 226 Å². The molecule has 282 valence electrons. The first kappa shape index (κ1) is 46.4. The summed E-state index contributed by atoms with van der Waals surface area (Å²) in [5, 5.41) is 33.2. The van der Waals surface area contributed by atoms with Crippen molar-refractivity contribution in [2.45, 2.75) is 257 Å². The fraction of sp³-hybridized carbons (Fsp3) is 0.976. The van der Waals surface area contributed by atoms with Crippen LogP contribution >= 0.6 is 0 Å². The first-order valence-electron chi connectivity index (χ1n) is 21.3. The van der Waals surface area contributed by atoms with E-state index in [4.69, 9.17) is 0 Å². The van der Waals surface area contributed by atoms with Crippen LogP contribution in [0.4, 0.5) is 0 Å². The van der Waals surface area contributed by atoms with Gasteiger partial charge in [0.05, 0.1) is 18.8 Å². The molecule has 5 nitrogen and oxygen atoms in total. The van der Waals surface area contributed by atoms with E-state index in [9.17, 15) is 20.1 Å². The van der Waals surface area contributed by atoms with Crippen LogP contribution in [0, 0.1) is 0 Å². The molecular weight excluding hydrogens is 582 g/mol. The molecule has 0 bridgehead atoms. The van der Waals surface area contributed by atoms with Gasteiger partial charge in [-0.3, -0.25) is 4.79 Å². The number of aliphatic hydroxyl groups is 3. The third-order valence-corrected chi connectivity index (χ3v) is 10.2. The van der Waals surface area contributed by atoms with Crippen LogP contribution in [-0.4, -0.2) is 46.1 Å². The van der Waals surface area contributed by atoms with Crippen molar-refractivity contribution in [3.8, 4) is 0 Å². The van der Waals surface area contributed by atoms with Crippen molar-refractivity contribution in [2.75, 3.05) is 6.61 Å². The minimum atomic E-state index is -1.07. The Morgan fingerprint density at radius 1 is 0.426 bits per heavy atom. The van der Waals surface area contributed by atoms with Crippen LogP contribution in [0.5, 0.6) is 0 Å². The van der Waals surface area contributed by atoms with Crippen molar-refractivity contribution < 1.29 is 20.1 Å². The van der Waals surface area contributed by atoms with Gasteiger partial charge in [0.15, 0.2) is 0 Å². The highest BCUT2D eigenvalue weighted by Crippen LogP contribution is 2.17. The van der Waals surface area contributed by atoms with Crippen LogP contribution in [0.15, 0.2) is 0 Å². The maximum atomic E-state index is 12.5. The van der Waals surface area contributed by atoms with Crippen molar-refractivity contribution in [2.24, 2.45) is 0 Å². The van der Waals surface area contributed by atoms with Crippen LogP contribution in [0.1, 0.15) is 239 Å². The molecule has 0 aliphatic carbocycles. The first-order valence-corrected chi connectivity index (χ1v) is 21.3. The molecule has 0 aromatic rings. The summed E-state index contributed by atoms with van der Waals surface area (Å²) in [6.07, 6.45) is 42.4. The van der Waals surface area contributed by atoms with Gasteiger partial charge in [-0.25, -0.2) is 0 Å². The number of carbonyl (C=O) groups excluding carboxylic acids is 1. The molecule has 0 aromatic heterocycles. The minimum Gasteiger partial charge on any atom is -0.394 e. The van der Waals surface area contributed by atoms with Crippen molar-refractivity contribution in [1.29, 1.82) is 0 Å². The smallest absolute Gasteiger partial charge is 0.249 e. The Hall–Kier alpha value is -0.650. The molecule has 0 saturated carbocycles. The molecule has 0 spiro atoms. The van der Waals surface area contributed by atoms with Crippen LogP contribution in [0.25, 0.3) is 0 Å². The summed E-state index contributed by atoms with van der Waals surface area (Å²) >= 11 is 0. The van der Waals surface area contributed by atoms with Crippen molar-refractivity contribution in [3.05, 3.63) is 0 Å². The highest BCUT2D eigenvalue weighted by atomic mass is 16.3. The number of aliphatic hydroxyl groups excluding tert-OH is 3. The van der Waals surface area contributed by atoms with E-state index in [0.29, 0.717) is 12.8 Å². The SMILES string of the molecule is CCCCCCCCCCCCCCCCCCCCCCC(O)C(=O)N[C@@H](CO)[C@H](O)CCCCCCCCCCCCCCC. The summed E-state index contributed by atoms with van der Waals surface area (Å²) in [6, 6.07) is -0.704. The number of carbonyl (C=O) groups is 1. The summed E-state index contributed by atoms with van der Waals surface area (Å²) in [7, 11) is 0. The van der Waals surface area contributed by atoms with E-state index in [2.05, 4.69) is 19.2 Å². The third-order valence-electron chi connectivity index (χ3n) is 10.2. The van der Waals surface area contributed by atoms with Gasteiger partial charge in [0.2, 0.25) is 5.91 Å². The standard InChI is InChI=1S/C42H85NO4/c1-3-5-7-9-11-13-15-17-18-19-20-21-22-23-25-27-29-31-33-35-37-41(46)42(47)43-39(38-44)40(45)36-34-32-30-28-26-24-16-14-12-10-8-6-4-2/h39-41,44-46H,3-38H2,1-2H3,(H,43,47)/t39-,40+,41?/m0/s1. The van der Waals surface area contributed by atoms with Crippen LogP contribution < -0.4 is 5.32 Å². The summed E-state index contributed by atoms with van der Waals surface area (Å²) in [5.74, 6) is -0.466. The monoisotopic (exact) mass is 668 g/mol. The van der Waals surface area contributed by atoms with E-state index < -0.39 is 24.2 Å². The second-order valence-electron chi connectivity index (χ2n) is 14.9. The second-order valence-corrected chi connectivity index (χ2v) is 14.9. The lowest BCUT2D eigenvalue weighted by Crippen LogP contribution is -2.49. The van der Waals surface area contributed by atoms with Gasteiger partial charge in [0.25, 0.3) is 0 Å². The van der Waals surface area contributed by atoms with Gasteiger partial charge in [-0.15, -0.1) is 0 Å². The molecule has 1 amide bonds. The van der Waals surface area contributed by atoms with Gasteiger partial charge in [0.1, 0.15) is 6.10 Å². The van der Waals surface area contributed by atoms with Crippen molar-refractivity contribution in [3.63, 3.8) is 0 Å². The normalized spacial score (nSPS) is 13.6. The van der Waals surface area contributed by atoms with E-state index in [1.54, 1.807) is 0 Å². The Morgan fingerprint density at radius 3 is 0.957 bits per heavy atom. The molecule has 0 fully saturated rings. The Morgan fingerprint density at radius 2 is 0.681 bits per heavy atom. The summed E-state index contributed by atoms with van der Waals surface area (Å²) < 4.78 is 0. The molecule has 3 atom stereocenters. The van der Waals surface area contributed by atoms with Gasteiger partial charge in [-0.05, 0) is 12.8 Å². The highest BCUT2D eigenvalue weighted by Gasteiger charge is 2.23. The maximum absolute atomic E-state index is 12.5. The van der Waals surface area contributed by atoms with Gasteiger partial charge in [-0.2, -0.15) is 0 Å². The number of hydrogen-bond donors (Lipinski definition) is 4. The number of nitrogens with one attached hydrogen (secondary N) is 1. The average molecular weight is 668 g/mol. The molecule has 0 radical (unpaired) electrons. The molecule has 47 heavy (non-hydrogen) atoms. The molecule has 0 aliphatic rings. The van der Waals surface area contributed by atoms with Crippen LogP contribution in [0.3, 0.4) is 0 Å². The number of unbranched alkanes of at least 4 members (excludes halogenated alkanes) is 31. The zero-order chi connectivity index (χ0) is 34.5. The van der Waals surface area contributed by atoms with Gasteiger partial charge in [0, 0.05) is 0 Å².